The first-order valence-corrected chi connectivity index (χ1v) is 6.01. The summed E-state index contributed by atoms with van der Waals surface area (Å²) in [7, 11) is 0. The molecule has 0 bridgehead atoms. The summed E-state index contributed by atoms with van der Waals surface area (Å²) in [5.41, 5.74) is 0.0655. The zero-order chi connectivity index (χ0) is 14.5. The Bertz CT molecular complexity index is 679. The number of nitriles is 1. The van der Waals surface area contributed by atoms with E-state index in [-0.39, 0.29) is 35.4 Å². The Labute approximate surface area is 118 Å². The van der Waals surface area contributed by atoms with Gasteiger partial charge in [0.1, 0.15) is 18.2 Å². The molecule has 1 heterocycles. The minimum atomic E-state index is -0.599. The van der Waals surface area contributed by atoms with Gasteiger partial charge in [-0.1, -0.05) is 11.6 Å². The van der Waals surface area contributed by atoms with E-state index in [1.807, 2.05) is 0 Å². The quantitative estimate of drug-likeness (QED) is 0.934. The van der Waals surface area contributed by atoms with Gasteiger partial charge >= 0.3 is 0 Å². The molecule has 20 heavy (non-hydrogen) atoms. The summed E-state index contributed by atoms with van der Waals surface area (Å²) in [5.74, 6) is -0.937. The van der Waals surface area contributed by atoms with Crippen LogP contribution in [0.5, 0.6) is 0 Å². The van der Waals surface area contributed by atoms with E-state index in [0.717, 1.165) is 6.07 Å². The highest BCUT2D eigenvalue weighted by Gasteiger charge is 2.08. The lowest BCUT2D eigenvalue weighted by Crippen LogP contribution is -2.15. The molecule has 1 aromatic carbocycles. The fraction of sp³-hybridized carbons (Fsp3) is 0.167. The highest BCUT2D eigenvalue weighted by Crippen LogP contribution is 2.18. The standard InChI is InChI=1S/C12H9ClFN5O/c13-8-1-2-10(9(14)5-8)17-12(20)3-4-19-7-16-11(6-15)18-19/h1-2,5,7H,3-4H2,(H,17,20). The largest absolute Gasteiger partial charge is 0.324 e. The Balaban J connectivity index is 1.91. The average molecular weight is 294 g/mol. The van der Waals surface area contributed by atoms with E-state index in [9.17, 15) is 9.18 Å². The molecule has 1 amide bonds. The van der Waals surface area contributed by atoms with Crippen LogP contribution in [0.1, 0.15) is 12.2 Å². The van der Waals surface area contributed by atoms with Crippen LogP contribution in [-0.2, 0) is 11.3 Å². The third-order valence-electron chi connectivity index (χ3n) is 2.41. The highest BCUT2D eigenvalue weighted by atomic mass is 35.5. The SMILES string of the molecule is N#Cc1ncn(CCC(=O)Nc2ccc(Cl)cc2F)n1. The summed E-state index contributed by atoms with van der Waals surface area (Å²) >= 11 is 5.61. The van der Waals surface area contributed by atoms with Crippen LogP contribution in [0.4, 0.5) is 10.1 Å². The third kappa shape index (κ3) is 3.52. The molecule has 0 aliphatic rings. The normalized spacial score (nSPS) is 10.1. The van der Waals surface area contributed by atoms with Crippen molar-refractivity contribution >= 4 is 23.2 Å². The zero-order valence-electron chi connectivity index (χ0n) is 10.2. The molecule has 1 N–H and O–H groups in total. The molecular formula is C12H9ClFN5O. The summed E-state index contributed by atoms with van der Waals surface area (Å²) < 4.78 is 14.8. The van der Waals surface area contributed by atoms with Gasteiger partial charge in [0, 0.05) is 11.4 Å². The number of hydrogen-bond donors (Lipinski definition) is 1. The summed E-state index contributed by atoms with van der Waals surface area (Å²) in [6.07, 6.45) is 1.44. The number of anilines is 1. The second kappa shape index (κ2) is 6.12. The molecule has 0 spiro atoms. The summed E-state index contributed by atoms with van der Waals surface area (Å²) in [6.45, 7) is 0.246. The van der Waals surface area contributed by atoms with Crippen molar-refractivity contribution in [2.75, 3.05) is 5.32 Å². The number of nitrogens with one attached hydrogen (secondary N) is 1. The van der Waals surface area contributed by atoms with Crippen LogP contribution in [0.15, 0.2) is 24.5 Å². The van der Waals surface area contributed by atoms with Crippen molar-refractivity contribution in [3.8, 4) is 6.07 Å². The monoisotopic (exact) mass is 293 g/mol. The summed E-state index contributed by atoms with van der Waals surface area (Å²) in [5, 5.41) is 15.1. The van der Waals surface area contributed by atoms with Gasteiger partial charge in [0.05, 0.1) is 12.2 Å². The topological polar surface area (TPSA) is 83.6 Å². The van der Waals surface area contributed by atoms with Gasteiger partial charge in [-0.15, -0.1) is 5.10 Å². The molecule has 2 aromatic rings. The van der Waals surface area contributed by atoms with Crippen LogP contribution in [0.2, 0.25) is 5.02 Å². The van der Waals surface area contributed by atoms with Gasteiger partial charge in [0.2, 0.25) is 5.91 Å². The predicted molar refractivity (Wildman–Crippen MR) is 69.4 cm³/mol. The number of aryl methyl sites for hydroxylation is 1. The van der Waals surface area contributed by atoms with Gasteiger partial charge < -0.3 is 5.32 Å². The van der Waals surface area contributed by atoms with Crippen LogP contribution < -0.4 is 5.32 Å². The first-order valence-electron chi connectivity index (χ1n) is 5.63. The van der Waals surface area contributed by atoms with E-state index in [4.69, 9.17) is 16.9 Å². The fourth-order valence-electron chi connectivity index (χ4n) is 1.47. The van der Waals surface area contributed by atoms with Gasteiger partial charge in [0.25, 0.3) is 5.82 Å². The van der Waals surface area contributed by atoms with Crippen molar-refractivity contribution in [1.82, 2.24) is 14.8 Å². The van der Waals surface area contributed by atoms with Crippen LogP contribution in [0.25, 0.3) is 0 Å². The summed E-state index contributed by atoms with van der Waals surface area (Å²) in [4.78, 5) is 15.4. The van der Waals surface area contributed by atoms with Gasteiger partial charge in [0.15, 0.2) is 0 Å². The maximum atomic E-state index is 13.5. The van der Waals surface area contributed by atoms with Crippen molar-refractivity contribution < 1.29 is 9.18 Å². The second-order valence-corrected chi connectivity index (χ2v) is 4.30. The van der Waals surface area contributed by atoms with Crippen molar-refractivity contribution in [2.45, 2.75) is 13.0 Å². The average Bonchev–Trinajstić information content (AvgIpc) is 2.88. The first kappa shape index (κ1) is 14.0. The number of halogens is 2. The predicted octanol–water partition coefficient (Wildman–Crippen LogP) is 1.97. The molecule has 1 aromatic heterocycles. The number of carbonyl (C=O) groups is 1. The minimum Gasteiger partial charge on any atom is -0.324 e. The highest BCUT2D eigenvalue weighted by molar-refractivity contribution is 6.30. The van der Waals surface area contributed by atoms with Crippen molar-refractivity contribution in [2.24, 2.45) is 0 Å². The fourth-order valence-corrected chi connectivity index (χ4v) is 1.63. The van der Waals surface area contributed by atoms with Gasteiger partial charge in [-0.05, 0) is 18.2 Å². The molecule has 0 unspecified atom stereocenters. The third-order valence-corrected chi connectivity index (χ3v) is 2.64. The maximum Gasteiger partial charge on any atom is 0.252 e. The van der Waals surface area contributed by atoms with Gasteiger partial charge in [-0.2, -0.15) is 5.26 Å². The Morgan fingerprint density at radius 2 is 2.35 bits per heavy atom. The number of amides is 1. The molecule has 0 aliphatic carbocycles. The van der Waals surface area contributed by atoms with Crippen LogP contribution in [0.3, 0.4) is 0 Å². The number of aromatic nitrogens is 3. The van der Waals surface area contributed by atoms with Crippen molar-refractivity contribution in [1.29, 1.82) is 5.26 Å². The molecule has 2 rings (SSSR count). The van der Waals surface area contributed by atoms with Crippen LogP contribution >= 0.6 is 11.6 Å². The molecular weight excluding hydrogens is 285 g/mol. The van der Waals surface area contributed by atoms with E-state index in [1.54, 1.807) is 6.07 Å². The molecule has 8 heteroatoms. The molecule has 102 valence electrons. The van der Waals surface area contributed by atoms with E-state index < -0.39 is 5.82 Å². The Morgan fingerprint density at radius 1 is 1.55 bits per heavy atom. The smallest absolute Gasteiger partial charge is 0.252 e. The lowest BCUT2D eigenvalue weighted by atomic mass is 10.3. The number of hydrogen-bond acceptors (Lipinski definition) is 4. The molecule has 0 saturated heterocycles. The summed E-state index contributed by atoms with van der Waals surface area (Å²) in [6, 6.07) is 5.77. The van der Waals surface area contributed by atoms with Crippen molar-refractivity contribution in [3.63, 3.8) is 0 Å². The van der Waals surface area contributed by atoms with Crippen LogP contribution in [-0.4, -0.2) is 20.7 Å². The number of rotatable bonds is 4. The lowest BCUT2D eigenvalue weighted by Gasteiger charge is -2.06. The van der Waals surface area contributed by atoms with Crippen molar-refractivity contribution in [3.05, 3.63) is 41.2 Å². The minimum absolute atomic E-state index is 0.0363. The maximum absolute atomic E-state index is 13.5. The molecule has 0 aliphatic heterocycles. The molecule has 0 atom stereocenters. The van der Waals surface area contributed by atoms with Gasteiger partial charge in [-0.25, -0.2) is 9.37 Å². The van der Waals surface area contributed by atoms with Gasteiger partial charge in [-0.3, -0.25) is 9.48 Å². The number of nitrogens with zero attached hydrogens (tertiary/aromatic N) is 4. The van der Waals surface area contributed by atoms with E-state index >= 15 is 0 Å². The second-order valence-electron chi connectivity index (χ2n) is 3.87. The molecule has 0 saturated carbocycles. The zero-order valence-corrected chi connectivity index (χ0v) is 10.9. The Hall–Kier alpha value is -2.46. The Kier molecular flexibility index (Phi) is 4.27. The molecule has 6 nitrogen and oxygen atoms in total. The molecule has 0 radical (unpaired) electrons. The van der Waals surface area contributed by atoms with E-state index in [0.29, 0.717) is 0 Å². The van der Waals surface area contributed by atoms with Crippen LogP contribution in [0, 0.1) is 17.1 Å². The van der Waals surface area contributed by atoms with E-state index in [1.165, 1.54) is 23.1 Å². The lowest BCUT2D eigenvalue weighted by molar-refractivity contribution is -0.116. The Morgan fingerprint density at radius 3 is 3.00 bits per heavy atom. The van der Waals surface area contributed by atoms with E-state index in [2.05, 4.69) is 15.4 Å². The number of benzene rings is 1. The number of carbonyl (C=O) groups excluding carboxylic acids is 1. The first-order chi connectivity index (χ1) is 9.58. The molecule has 0 fully saturated rings.